The molecule has 9 rings (SSSR count). The minimum atomic E-state index is -0.214. The summed E-state index contributed by atoms with van der Waals surface area (Å²) in [5, 5.41) is 3.85. The van der Waals surface area contributed by atoms with Gasteiger partial charge in [0.25, 0.3) is 0 Å². The van der Waals surface area contributed by atoms with E-state index in [0.29, 0.717) is 17.4 Å². The summed E-state index contributed by atoms with van der Waals surface area (Å²) in [4.78, 5) is 2.94. The van der Waals surface area contributed by atoms with Crippen molar-refractivity contribution in [2.24, 2.45) is 17.3 Å². The van der Waals surface area contributed by atoms with Crippen molar-refractivity contribution in [3.05, 3.63) is 64.7 Å². The Hall–Kier alpha value is -1.88. The molecule has 4 nitrogen and oxygen atoms in total. The number of likely N-dealkylation sites (tertiary alicyclic amines) is 1. The fourth-order valence-corrected chi connectivity index (χ4v) is 9.92. The number of methoxy groups -OCH3 is 1. The van der Waals surface area contributed by atoms with Crippen LogP contribution < -0.4 is 10.1 Å². The molecule has 5 aliphatic carbocycles. The summed E-state index contributed by atoms with van der Waals surface area (Å²) in [6.07, 6.45) is 9.13. The Balaban J connectivity index is 1.22. The van der Waals surface area contributed by atoms with E-state index in [-0.39, 0.29) is 17.1 Å². The lowest BCUT2D eigenvalue weighted by atomic mass is 9.35. The Labute approximate surface area is 215 Å². The molecular weight excluding hydrogens is 444 g/mol. The van der Waals surface area contributed by atoms with Crippen molar-refractivity contribution in [2.75, 3.05) is 26.7 Å². The van der Waals surface area contributed by atoms with Gasteiger partial charge in [-0.25, -0.2) is 0 Å². The third kappa shape index (κ3) is 2.66. The zero-order valence-electron chi connectivity index (χ0n) is 21.9. The molecule has 2 aliphatic heterocycles. The highest BCUT2D eigenvalue weighted by atomic mass is 16.6. The van der Waals surface area contributed by atoms with Gasteiger partial charge in [-0.05, 0) is 81.0 Å². The second-order valence-electron chi connectivity index (χ2n) is 13.0. The van der Waals surface area contributed by atoms with Crippen LogP contribution in [0.25, 0.3) is 0 Å². The lowest BCUT2D eigenvalue weighted by molar-refractivity contribution is -0.276. The van der Waals surface area contributed by atoms with Crippen LogP contribution in [0.1, 0.15) is 60.8 Å². The highest BCUT2D eigenvalue weighted by molar-refractivity contribution is 5.61. The van der Waals surface area contributed by atoms with E-state index in [1.165, 1.54) is 68.5 Å². The number of hydrogen-bond acceptors (Lipinski definition) is 4. The van der Waals surface area contributed by atoms with E-state index in [1.54, 1.807) is 11.1 Å². The SMILES string of the molecule is CO[C@]12CC[C@@]3(C[C@@H]1CNCc1ccccc1)[C@H]1Cc4ccc(C)c5c4[C@@]3(CCN1CC1CC1)[C@H]2O5. The van der Waals surface area contributed by atoms with Crippen LogP contribution in [0.4, 0.5) is 0 Å². The third-order valence-corrected chi connectivity index (χ3v) is 11.6. The summed E-state index contributed by atoms with van der Waals surface area (Å²) >= 11 is 0. The smallest absolute Gasteiger partial charge is 0.138 e. The molecule has 6 atom stereocenters. The molecule has 0 radical (unpaired) electrons. The number of ether oxygens (including phenoxy) is 2. The second-order valence-corrected chi connectivity index (χ2v) is 13.0. The standard InChI is InChI=1S/C32H40N2O2/c1-21-8-11-24-16-26-30-12-13-32(35-2,25(17-30)19-33-18-22-6-4-3-5-7-22)29-31(30,27(24)28(21)36-29)14-15-34(26)20-23-9-10-23/h3-8,11,23,25-26,29,33H,9-10,12-20H2,1-2H3/t25-,26-,29-,30-,31+,32-/m1/s1. The van der Waals surface area contributed by atoms with Gasteiger partial charge in [0.1, 0.15) is 17.5 Å². The summed E-state index contributed by atoms with van der Waals surface area (Å²) in [7, 11) is 1.97. The first-order valence-electron chi connectivity index (χ1n) is 14.4. The fourth-order valence-electron chi connectivity index (χ4n) is 9.92. The van der Waals surface area contributed by atoms with E-state index in [0.717, 1.165) is 25.4 Å². The number of hydrogen-bond donors (Lipinski definition) is 1. The van der Waals surface area contributed by atoms with Crippen LogP contribution in [0.5, 0.6) is 5.75 Å². The topological polar surface area (TPSA) is 33.7 Å². The predicted molar refractivity (Wildman–Crippen MR) is 141 cm³/mol. The van der Waals surface area contributed by atoms with E-state index >= 15 is 0 Å². The second kappa shape index (κ2) is 7.58. The lowest BCUT2D eigenvalue weighted by Gasteiger charge is -2.74. The zero-order valence-corrected chi connectivity index (χ0v) is 21.9. The average Bonchev–Trinajstić information content (AvgIpc) is 3.64. The van der Waals surface area contributed by atoms with Gasteiger partial charge in [-0.3, -0.25) is 4.90 Å². The monoisotopic (exact) mass is 484 g/mol. The number of benzene rings is 2. The van der Waals surface area contributed by atoms with E-state index in [2.05, 4.69) is 59.6 Å². The first-order valence-corrected chi connectivity index (χ1v) is 14.4. The van der Waals surface area contributed by atoms with Gasteiger partial charge in [0, 0.05) is 55.1 Å². The highest BCUT2D eigenvalue weighted by Gasteiger charge is 2.80. The summed E-state index contributed by atoms with van der Waals surface area (Å²) < 4.78 is 13.9. The van der Waals surface area contributed by atoms with Crippen molar-refractivity contribution in [1.82, 2.24) is 10.2 Å². The quantitative estimate of drug-likeness (QED) is 0.599. The van der Waals surface area contributed by atoms with Crippen LogP contribution in [0.15, 0.2) is 42.5 Å². The van der Waals surface area contributed by atoms with E-state index in [1.807, 2.05) is 7.11 Å². The van der Waals surface area contributed by atoms with Crippen molar-refractivity contribution < 1.29 is 9.47 Å². The third-order valence-electron chi connectivity index (χ3n) is 11.6. The molecule has 36 heavy (non-hydrogen) atoms. The number of fused-ring (bicyclic) bond motifs is 2. The van der Waals surface area contributed by atoms with Crippen LogP contribution in [-0.2, 0) is 23.1 Å². The maximum Gasteiger partial charge on any atom is 0.138 e. The number of piperidine rings is 1. The summed E-state index contributed by atoms with van der Waals surface area (Å²) in [5.74, 6) is 2.63. The Morgan fingerprint density at radius 1 is 1.08 bits per heavy atom. The predicted octanol–water partition coefficient (Wildman–Crippen LogP) is 5.01. The van der Waals surface area contributed by atoms with Crippen LogP contribution in [0.2, 0.25) is 0 Å². The minimum Gasteiger partial charge on any atom is -0.486 e. The van der Waals surface area contributed by atoms with Gasteiger partial charge in [0.15, 0.2) is 0 Å². The van der Waals surface area contributed by atoms with Crippen molar-refractivity contribution >= 4 is 0 Å². The molecule has 5 fully saturated rings. The average molecular weight is 485 g/mol. The van der Waals surface area contributed by atoms with E-state index in [9.17, 15) is 0 Å². The minimum absolute atomic E-state index is 0.122. The van der Waals surface area contributed by atoms with Gasteiger partial charge < -0.3 is 14.8 Å². The highest BCUT2D eigenvalue weighted by Crippen LogP contribution is 2.76. The van der Waals surface area contributed by atoms with Crippen LogP contribution in [0, 0.1) is 24.2 Å². The summed E-state index contributed by atoms with van der Waals surface area (Å²) in [6.45, 7) is 6.71. The van der Waals surface area contributed by atoms with Gasteiger partial charge in [-0.1, -0.05) is 42.5 Å². The van der Waals surface area contributed by atoms with Crippen molar-refractivity contribution in [1.29, 1.82) is 0 Å². The number of rotatable bonds is 7. The zero-order chi connectivity index (χ0) is 24.1. The van der Waals surface area contributed by atoms with Crippen LogP contribution >= 0.6 is 0 Å². The maximum atomic E-state index is 7.18. The van der Waals surface area contributed by atoms with E-state index in [4.69, 9.17) is 9.47 Å². The molecule has 0 amide bonds. The lowest BCUT2D eigenvalue weighted by Crippen LogP contribution is -2.81. The van der Waals surface area contributed by atoms with Crippen molar-refractivity contribution in [3.63, 3.8) is 0 Å². The number of nitrogens with zero attached hydrogens (tertiary/aromatic N) is 1. The molecule has 0 unspecified atom stereocenters. The van der Waals surface area contributed by atoms with Crippen LogP contribution in [-0.4, -0.2) is 49.4 Å². The Morgan fingerprint density at radius 2 is 1.94 bits per heavy atom. The molecule has 4 bridgehead atoms. The molecule has 2 aromatic rings. The molecule has 2 heterocycles. The molecule has 4 heteroatoms. The fraction of sp³-hybridized carbons (Fsp3) is 0.625. The maximum absolute atomic E-state index is 7.18. The Kier molecular flexibility index (Phi) is 4.66. The molecule has 2 spiro atoms. The first-order chi connectivity index (χ1) is 17.6. The van der Waals surface area contributed by atoms with Crippen LogP contribution in [0.3, 0.4) is 0 Å². The molecule has 1 saturated heterocycles. The molecule has 4 saturated carbocycles. The van der Waals surface area contributed by atoms with Crippen molar-refractivity contribution in [3.8, 4) is 5.75 Å². The molecule has 190 valence electrons. The van der Waals surface area contributed by atoms with Gasteiger partial charge >= 0.3 is 0 Å². The van der Waals surface area contributed by atoms with Gasteiger partial charge in [-0.2, -0.15) is 0 Å². The van der Waals surface area contributed by atoms with Gasteiger partial charge in [0.05, 0.1) is 0 Å². The van der Waals surface area contributed by atoms with Gasteiger partial charge in [0.2, 0.25) is 0 Å². The molecule has 2 aromatic carbocycles. The van der Waals surface area contributed by atoms with E-state index < -0.39 is 0 Å². The molecule has 7 aliphatic rings. The normalized spacial score (nSPS) is 39.7. The summed E-state index contributed by atoms with van der Waals surface area (Å²) in [5.41, 5.74) is 6.06. The molecular formula is C32H40N2O2. The summed E-state index contributed by atoms with van der Waals surface area (Å²) in [6, 6.07) is 16.2. The largest absolute Gasteiger partial charge is 0.486 e. The number of aryl methyl sites for hydroxylation is 1. The Morgan fingerprint density at radius 3 is 2.75 bits per heavy atom. The molecule has 1 N–H and O–H groups in total. The van der Waals surface area contributed by atoms with Gasteiger partial charge in [-0.15, -0.1) is 0 Å². The molecule has 0 aromatic heterocycles. The Bertz CT molecular complexity index is 1190. The van der Waals surface area contributed by atoms with Crippen molar-refractivity contribution in [2.45, 2.75) is 81.6 Å². The first kappa shape index (κ1) is 22.1. The number of nitrogens with one attached hydrogen (secondary N) is 1.